The number of hydrogen-bond acceptors (Lipinski definition) is 1. The molecule has 2 saturated carbocycles. The highest BCUT2D eigenvalue weighted by atomic mass is 19.1. The standard InChI is InChI=1S/C16H21FO/c1-14(2)12-7-8-15(3,10-12)16(14,18)11-5-4-6-13(17)9-11/h4-6,9,12,18H,7-8,10H2,1-3H3. The van der Waals surface area contributed by atoms with Crippen LogP contribution in [0.1, 0.15) is 45.6 Å². The average molecular weight is 248 g/mol. The highest BCUT2D eigenvalue weighted by Crippen LogP contribution is 2.71. The van der Waals surface area contributed by atoms with Crippen LogP contribution in [0.4, 0.5) is 4.39 Å². The molecule has 98 valence electrons. The van der Waals surface area contributed by atoms with Gasteiger partial charge < -0.3 is 5.11 Å². The Morgan fingerprint density at radius 2 is 2.00 bits per heavy atom. The fourth-order valence-corrected chi connectivity index (χ4v) is 4.69. The molecule has 1 nitrogen and oxygen atoms in total. The molecule has 0 spiro atoms. The van der Waals surface area contributed by atoms with E-state index < -0.39 is 5.60 Å². The molecule has 3 rings (SSSR count). The smallest absolute Gasteiger partial charge is 0.123 e. The van der Waals surface area contributed by atoms with Crippen LogP contribution in [0.5, 0.6) is 0 Å². The fraction of sp³-hybridized carbons (Fsp3) is 0.625. The molecular weight excluding hydrogens is 227 g/mol. The van der Waals surface area contributed by atoms with E-state index in [1.807, 2.05) is 6.07 Å². The average Bonchev–Trinajstić information content (AvgIpc) is 2.77. The van der Waals surface area contributed by atoms with Crippen LogP contribution in [-0.2, 0) is 5.60 Å². The zero-order valence-corrected chi connectivity index (χ0v) is 11.3. The Bertz CT molecular complexity index is 489. The Hall–Kier alpha value is -0.890. The molecule has 18 heavy (non-hydrogen) atoms. The number of fused-ring (bicyclic) bond motifs is 2. The zero-order valence-electron chi connectivity index (χ0n) is 11.3. The largest absolute Gasteiger partial charge is 0.384 e. The number of rotatable bonds is 1. The van der Waals surface area contributed by atoms with E-state index in [-0.39, 0.29) is 16.6 Å². The SMILES string of the molecule is CC12CCC(C1)C(C)(C)C2(O)c1cccc(F)c1. The molecular formula is C16H21FO. The Balaban J connectivity index is 2.19. The van der Waals surface area contributed by atoms with Gasteiger partial charge in [-0.3, -0.25) is 0 Å². The third-order valence-electron chi connectivity index (χ3n) is 5.81. The van der Waals surface area contributed by atoms with E-state index >= 15 is 0 Å². The van der Waals surface area contributed by atoms with Crippen molar-refractivity contribution < 1.29 is 9.50 Å². The molecule has 1 N–H and O–H groups in total. The van der Waals surface area contributed by atoms with Crippen LogP contribution in [0, 0.1) is 22.6 Å². The van der Waals surface area contributed by atoms with Gasteiger partial charge in [-0.2, -0.15) is 0 Å². The first-order chi connectivity index (χ1) is 8.31. The second-order valence-corrected chi connectivity index (χ2v) is 6.94. The topological polar surface area (TPSA) is 20.2 Å². The molecule has 0 heterocycles. The molecule has 0 aliphatic heterocycles. The number of benzene rings is 1. The van der Waals surface area contributed by atoms with E-state index in [0.717, 1.165) is 18.4 Å². The van der Waals surface area contributed by atoms with Crippen LogP contribution in [-0.4, -0.2) is 5.11 Å². The molecule has 1 aromatic rings. The predicted molar refractivity (Wildman–Crippen MR) is 69.5 cm³/mol. The quantitative estimate of drug-likeness (QED) is 0.800. The summed E-state index contributed by atoms with van der Waals surface area (Å²) in [6, 6.07) is 6.52. The lowest BCUT2D eigenvalue weighted by Crippen LogP contribution is -2.51. The second-order valence-electron chi connectivity index (χ2n) is 6.94. The van der Waals surface area contributed by atoms with E-state index in [9.17, 15) is 9.50 Å². The van der Waals surface area contributed by atoms with Gasteiger partial charge in [0.15, 0.2) is 0 Å². The Labute approximate surface area is 108 Å². The monoisotopic (exact) mass is 248 g/mol. The third-order valence-corrected chi connectivity index (χ3v) is 5.81. The lowest BCUT2D eigenvalue weighted by Gasteiger charge is -2.51. The van der Waals surface area contributed by atoms with Crippen LogP contribution in [0.15, 0.2) is 24.3 Å². The van der Waals surface area contributed by atoms with Crippen LogP contribution < -0.4 is 0 Å². The van der Waals surface area contributed by atoms with Gasteiger partial charge in [-0.1, -0.05) is 32.9 Å². The minimum Gasteiger partial charge on any atom is -0.384 e. The van der Waals surface area contributed by atoms with Crippen LogP contribution in [0.3, 0.4) is 0 Å². The maximum Gasteiger partial charge on any atom is 0.123 e. The molecule has 2 bridgehead atoms. The van der Waals surface area contributed by atoms with Crippen molar-refractivity contribution in [2.24, 2.45) is 16.7 Å². The molecule has 3 atom stereocenters. The molecule has 0 saturated heterocycles. The molecule has 0 radical (unpaired) electrons. The van der Waals surface area contributed by atoms with E-state index in [2.05, 4.69) is 20.8 Å². The Morgan fingerprint density at radius 3 is 2.56 bits per heavy atom. The van der Waals surface area contributed by atoms with Crippen LogP contribution in [0.2, 0.25) is 0 Å². The summed E-state index contributed by atoms with van der Waals surface area (Å²) in [7, 11) is 0. The van der Waals surface area contributed by atoms with Crippen molar-refractivity contribution in [2.75, 3.05) is 0 Å². The van der Waals surface area contributed by atoms with Crippen LogP contribution >= 0.6 is 0 Å². The Kier molecular flexibility index (Phi) is 2.27. The van der Waals surface area contributed by atoms with E-state index in [1.54, 1.807) is 6.07 Å². The van der Waals surface area contributed by atoms with Crippen molar-refractivity contribution in [3.05, 3.63) is 35.6 Å². The summed E-state index contributed by atoms with van der Waals surface area (Å²) < 4.78 is 13.5. The Morgan fingerprint density at radius 1 is 1.28 bits per heavy atom. The van der Waals surface area contributed by atoms with Gasteiger partial charge >= 0.3 is 0 Å². The van der Waals surface area contributed by atoms with E-state index in [1.165, 1.54) is 18.6 Å². The zero-order chi connectivity index (χ0) is 13.2. The summed E-state index contributed by atoms with van der Waals surface area (Å²) in [5.74, 6) is 0.277. The summed E-state index contributed by atoms with van der Waals surface area (Å²) >= 11 is 0. The third kappa shape index (κ3) is 1.20. The van der Waals surface area contributed by atoms with E-state index in [4.69, 9.17) is 0 Å². The molecule has 1 aromatic carbocycles. The lowest BCUT2D eigenvalue weighted by atomic mass is 9.58. The van der Waals surface area contributed by atoms with Gasteiger partial charge in [0.2, 0.25) is 0 Å². The fourth-order valence-electron chi connectivity index (χ4n) is 4.69. The molecule has 2 heteroatoms. The first-order valence-corrected chi connectivity index (χ1v) is 6.80. The van der Waals surface area contributed by atoms with Crippen molar-refractivity contribution in [2.45, 2.75) is 45.6 Å². The molecule has 2 aliphatic rings. The van der Waals surface area contributed by atoms with Gasteiger partial charge in [-0.15, -0.1) is 0 Å². The molecule has 2 fully saturated rings. The summed E-state index contributed by atoms with van der Waals surface area (Å²) in [5, 5.41) is 11.4. The summed E-state index contributed by atoms with van der Waals surface area (Å²) in [5.41, 5.74) is -0.467. The second kappa shape index (κ2) is 3.36. The van der Waals surface area contributed by atoms with Crippen molar-refractivity contribution >= 4 is 0 Å². The minimum atomic E-state index is -0.912. The van der Waals surface area contributed by atoms with Gasteiger partial charge in [0.1, 0.15) is 11.4 Å². The normalized spacial score (nSPS) is 41.3. The lowest BCUT2D eigenvalue weighted by molar-refractivity contribution is -0.150. The maximum atomic E-state index is 13.5. The molecule has 0 aromatic heterocycles. The highest BCUT2D eigenvalue weighted by molar-refractivity contribution is 5.33. The first-order valence-electron chi connectivity index (χ1n) is 6.80. The summed E-state index contributed by atoms with van der Waals surface area (Å²) in [6.45, 7) is 6.42. The summed E-state index contributed by atoms with van der Waals surface area (Å²) in [6.07, 6.45) is 3.27. The van der Waals surface area contributed by atoms with Crippen molar-refractivity contribution in [1.29, 1.82) is 0 Å². The predicted octanol–water partition coefficient (Wildman–Crippen LogP) is 3.86. The molecule has 2 aliphatic carbocycles. The minimum absolute atomic E-state index is 0.116. The van der Waals surface area contributed by atoms with Gasteiger partial charge in [-0.25, -0.2) is 4.39 Å². The van der Waals surface area contributed by atoms with Crippen molar-refractivity contribution in [3.8, 4) is 0 Å². The first kappa shape index (κ1) is 12.2. The van der Waals surface area contributed by atoms with Crippen LogP contribution in [0.25, 0.3) is 0 Å². The van der Waals surface area contributed by atoms with Crippen molar-refractivity contribution in [1.82, 2.24) is 0 Å². The van der Waals surface area contributed by atoms with Gasteiger partial charge in [0, 0.05) is 10.8 Å². The maximum absolute atomic E-state index is 13.5. The van der Waals surface area contributed by atoms with Crippen molar-refractivity contribution in [3.63, 3.8) is 0 Å². The highest BCUT2D eigenvalue weighted by Gasteiger charge is 2.68. The number of halogens is 1. The number of aliphatic hydroxyl groups is 1. The van der Waals surface area contributed by atoms with E-state index in [0.29, 0.717) is 5.92 Å². The summed E-state index contributed by atoms with van der Waals surface area (Å²) in [4.78, 5) is 0. The van der Waals surface area contributed by atoms with Gasteiger partial charge in [0.25, 0.3) is 0 Å². The van der Waals surface area contributed by atoms with Gasteiger partial charge in [-0.05, 0) is 42.9 Å². The van der Waals surface area contributed by atoms with Gasteiger partial charge in [0.05, 0.1) is 0 Å². The number of hydrogen-bond donors (Lipinski definition) is 1. The molecule has 0 amide bonds. The molecule has 3 unspecified atom stereocenters.